The molecule has 0 radical (unpaired) electrons. The molecule has 1 saturated carbocycles. The summed E-state index contributed by atoms with van der Waals surface area (Å²) in [7, 11) is 0. The van der Waals surface area contributed by atoms with Crippen LogP contribution in [0, 0.1) is 5.41 Å². The fourth-order valence-electron chi connectivity index (χ4n) is 3.53. The van der Waals surface area contributed by atoms with Crippen LogP contribution in [0.3, 0.4) is 0 Å². The van der Waals surface area contributed by atoms with Gasteiger partial charge in [0.1, 0.15) is 5.82 Å². The zero-order valence-electron chi connectivity index (χ0n) is 11.1. The highest BCUT2D eigenvalue weighted by Gasteiger charge is 2.40. The maximum absolute atomic E-state index is 9.65. The smallest absolute Gasteiger partial charge is 0.128 e. The van der Waals surface area contributed by atoms with Crippen LogP contribution in [0.15, 0.2) is 18.3 Å². The van der Waals surface area contributed by atoms with E-state index in [9.17, 15) is 5.11 Å². The van der Waals surface area contributed by atoms with Crippen LogP contribution in [0.1, 0.15) is 50.7 Å². The first-order chi connectivity index (χ1) is 8.69. The Balaban J connectivity index is 1.78. The summed E-state index contributed by atoms with van der Waals surface area (Å²) in [6, 6.07) is 3.94. The summed E-state index contributed by atoms with van der Waals surface area (Å²) in [5, 5.41) is 9.65. The van der Waals surface area contributed by atoms with E-state index < -0.39 is 6.10 Å². The molecule has 1 aliphatic heterocycles. The molecule has 1 saturated heterocycles. The molecule has 1 aliphatic carbocycles. The highest BCUT2D eigenvalue weighted by Crippen LogP contribution is 2.46. The Morgan fingerprint density at radius 3 is 2.83 bits per heavy atom. The van der Waals surface area contributed by atoms with E-state index in [4.69, 9.17) is 0 Å². The monoisotopic (exact) mass is 246 g/mol. The van der Waals surface area contributed by atoms with Crippen molar-refractivity contribution in [3.63, 3.8) is 0 Å². The van der Waals surface area contributed by atoms with E-state index in [1.54, 1.807) is 0 Å². The minimum absolute atomic E-state index is 0.408. The number of nitrogens with zero attached hydrogens (tertiary/aromatic N) is 2. The minimum Gasteiger partial charge on any atom is -0.389 e. The van der Waals surface area contributed by atoms with Crippen molar-refractivity contribution in [1.82, 2.24) is 4.98 Å². The van der Waals surface area contributed by atoms with E-state index in [0.717, 1.165) is 24.5 Å². The standard InChI is InChI=1S/C15H22N2O/c1-12(18)13-4-8-16-14(10-13)17-9-7-15(11-17)5-2-3-6-15/h4,8,10,12,18H,2-3,5-7,9,11H2,1H3/t12-/m1/s1. The number of anilines is 1. The van der Waals surface area contributed by atoms with Gasteiger partial charge in [0.05, 0.1) is 6.10 Å². The second-order valence-corrected chi connectivity index (χ2v) is 6.00. The van der Waals surface area contributed by atoms with E-state index in [-0.39, 0.29) is 0 Å². The van der Waals surface area contributed by atoms with Crippen LogP contribution in [0.5, 0.6) is 0 Å². The molecule has 1 atom stereocenters. The first kappa shape index (κ1) is 12.0. The predicted octanol–water partition coefficient (Wildman–Crippen LogP) is 2.91. The number of pyridine rings is 1. The zero-order chi connectivity index (χ0) is 12.6. The van der Waals surface area contributed by atoms with Gasteiger partial charge in [-0.05, 0) is 49.3 Å². The molecule has 1 spiro atoms. The lowest BCUT2D eigenvalue weighted by molar-refractivity contribution is 0.199. The van der Waals surface area contributed by atoms with E-state index >= 15 is 0 Å². The molecular formula is C15H22N2O. The number of rotatable bonds is 2. The van der Waals surface area contributed by atoms with Crippen LogP contribution in [0.4, 0.5) is 5.82 Å². The highest BCUT2D eigenvalue weighted by molar-refractivity contribution is 5.43. The van der Waals surface area contributed by atoms with Gasteiger partial charge in [-0.3, -0.25) is 0 Å². The van der Waals surface area contributed by atoms with Gasteiger partial charge in [-0.25, -0.2) is 4.98 Å². The van der Waals surface area contributed by atoms with Gasteiger partial charge in [0.15, 0.2) is 0 Å². The normalized spacial score (nSPS) is 23.8. The van der Waals surface area contributed by atoms with Crippen LogP contribution < -0.4 is 4.90 Å². The minimum atomic E-state index is -0.408. The van der Waals surface area contributed by atoms with E-state index in [2.05, 4.69) is 9.88 Å². The Hall–Kier alpha value is -1.09. The third-order valence-electron chi connectivity index (χ3n) is 4.68. The second-order valence-electron chi connectivity index (χ2n) is 6.00. The molecule has 0 amide bonds. The molecule has 2 heterocycles. The van der Waals surface area contributed by atoms with Crippen molar-refractivity contribution in [1.29, 1.82) is 0 Å². The fraction of sp³-hybridized carbons (Fsp3) is 0.667. The molecule has 3 nitrogen and oxygen atoms in total. The summed E-state index contributed by atoms with van der Waals surface area (Å²) in [4.78, 5) is 6.87. The maximum atomic E-state index is 9.65. The molecule has 0 aromatic carbocycles. The molecule has 3 rings (SSSR count). The Morgan fingerprint density at radius 2 is 2.11 bits per heavy atom. The number of aliphatic hydroxyl groups excluding tert-OH is 1. The molecule has 98 valence electrons. The molecule has 0 unspecified atom stereocenters. The van der Waals surface area contributed by atoms with Gasteiger partial charge in [0.25, 0.3) is 0 Å². The first-order valence-electron chi connectivity index (χ1n) is 7.08. The van der Waals surface area contributed by atoms with Crippen molar-refractivity contribution in [2.45, 2.75) is 45.1 Å². The maximum Gasteiger partial charge on any atom is 0.128 e. The molecule has 1 N–H and O–H groups in total. The van der Waals surface area contributed by atoms with Crippen LogP contribution >= 0.6 is 0 Å². The topological polar surface area (TPSA) is 36.4 Å². The average Bonchev–Trinajstić information content (AvgIpc) is 3.01. The number of hydrogen-bond donors (Lipinski definition) is 1. The van der Waals surface area contributed by atoms with E-state index in [1.165, 1.54) is 32.1 Å². The summed E-state index contributed by atoms with van der Waals surface area (Å²) in [6.07, 6.45) is 8.29. The predicted molar refractivity (Wildman–Crippen MR) is 72.6 cm³/mol. The van der Waals surface area contributed by atoms with Crippen LogP contribution in [-0.4, -0.2) is 23.2 Å². The Labute approximate surface area is 109 Å². The number of aliphatic hydroxyl groups is 1. The van der Waals surface area contributed by atoms with Crippen LogP contribution in [0.25, 0.3) is 0 Å². The Bertz CT molecular complexity index is 424. The average molecular weight is 246 g/mol. The van der Waals surface area contributed by atoms with Crippen molar-refractivity contribution in [3.8, 4) is 0 Å². The number of hydrogen-bond acceptors (Lipinski definition) is 3. The number of aromatic nitrogens is 1. The summed E-state index contributed by atoms with van der Waals surface area (Å²) in [5.74, 6) is 1.04. The summed E-state index contributed by atoms with van der Waals surface area (Å²) in [5.41, 5.74) is 1.54. The Morgan fingerprint density at radius 1 is 1.33 bits per heavy atom. The van der Waals surface area contributed by atoms with Gasteiger partial charge in [-0.2, -0.15) is 0 Å². The second kappa shape index (κ2) is 4.54. The summed E-state index contributed by atoms with van der Waals surface area (Å²) >= 11 is 0. The molecule has 0 bridgehead atoms. The lowest BCUT2D eigenvalue weighted by atomic mass is 9.86. The molecule has 2 fully saturated rings. The van der Waals surface area contributed by atoms with Gasteiger partial charge in [0, 0.05) is 19.3 Å². The van der Waals surface area contributed by atoms with Crippen molar-refractivity contribution in [2.24, 2.45) is 5.41 Å². The summed E-state index contributed by atoms with van der Waals surface area (Å²) < 4.78 is 0. The molecule has 1 aromatic heterocycles. The SMILES string of the molecule is C[C@@H](O)c1ccnc(N2CCC3(CCCC3)C2)c1. The third-order valence-corrected chi connectivity index (χ3v) is 4.68. The molecule has 2 aliphatic rings. The van der Waals surface area contributed by atoms with Crippen LogP contribution in [0.2, 0.25) is 0 Å². The highest BCUT2D eigenvalue weighted by atomic mass is 16.3. The first-order valence-corrected chi connectivity index (χ1v) is 7.08. The summed E-state index contributed by atoms with van der Waals surface area (Å²) in [6.45, 7) is 4.08. The molecule has 1 aromatic rings. The quantitative estimate of drug-likeness (QED) is 0.871. The van der Waals surface area contributed by atoms with E-state index in [1.807, 2.05) is 25.3 Å². The molecule has 18 heavy (non-hydrogen) atoms. The van der Waals surface area contributed by atoms with Gasteiger partial charge in [-0.1, -0.05) is 12.8 Å². The Kier molecular flexibility index (Phi) is 3.02. The van der Waals surface area contributed by atoms with Gasteiger partial charge in [-0.15, -0.1) is 0 Å². The van der Waals surface area contributed by atoms with Gasteiger partial charge < -0.3 is 10.0 Å². The van der Waals surface area contributed by atoms with Crippen molar-refractivity contribution >= 4 is 5.82 Å². The zero-order valence-corrected chi connectivity index (χ0v) is 11.1. The van der Waals surface area contributed by atoms with Crippen LogP contribution in [-0.2, 0) is 0 Å². The molecular weight excluding hydrogens is 224 g/mol. The molecule has 3 heteroatoms. The lowest BCUT2D eigenvalue weighted by Crippen LogP contribution is -2.25. The van der Waals surface area contributed by atoms with Crippen molar-refractivity contribution in [3.05, 3.63) is 23.9 Å². The van der Waals surface area contributed by atoms with Gasteiger partial charge in [0.2, 0.25) is 0 Å². The third kappa shape index (κ3) is 2.12. The van der Waals surface area contributed by atoms with E-state index in [0.29, 0.717) is 5.41 Å². The fourth-order valence-corrected chi connectivity index (χ4v) is 3.53. The largest absolute Gasteiger partial charge is 0.389 e. The van der Waals surface area contributed by atoms with Gasteiger partial charge >= 0.3 is 0 Å². The van der Waals surface area contributed by atoms with Crippen molar-refractivity contribution < 1.29 is 5.11 Å². The van der Waals surface area contributed by atoms with Crippen molar-refractivity contribution in [2.75, 3.05) is 18.0 Å². The lowest BCUT2D eigenvalue weighted by Gasteiger charge is -2.24.